The third-order valence-corrected chi connectivity index (χ3v) is 4.66. The summed E-state index contributed by atoms with van der Waals surface area (Å²) in [7, 11) is 0. The van der Waals surface area contributed by atoms with Crippen molar-refractivity contribution in [3.8, 4) is 0 Å². The molecule has 1 atom stereocenters. The van der Waals surface area contributed by atoms with Gasteiger partial charge in [-0.25, -0.2) is 9.97 Å². The largest absolute Gasteiger partial charge is 0.383 e. The molecule has 3 rings (SSSR count). The number of rotatable bonds is 4. The average Bonchev–Trinajstić information content (AvgIpc) is 2.60. The van der Waals surface area contributed by atoms with E-state index in [4.69, 9.17) is 0 Å². The third kappa shape index (κ3) is 3.17. The van der Waals surface area contributed by atoms with Crippen LogP contribution in [0, 0.1) is 6.92 Å². The number of aryl methyl sites for hydroxylation is 3. The number of nitrogens with zero attached hydrogens (tertiary/aromatic N) is 2. The van der Waals surface area contributed by atoms with Gasteiger partial charge < -0.3 is 10.4 Å². The lowest BCUT2D eigenvalue weighted by Crippen LogP contribution is -2.43. The maximum atomic E-state index is 12.5. The van der Waals surface area contributed by atoms with Crippen LogP contribution in [0.25, 0.3) is 0 Å². The molecule has 2 aromatic rings. The second-order valence-corrected chi connectivity index (χ2v) is 6.36. The predicted molar refractivity (Wildman–Crippen MR) is 91.8 cm³/mol. The standard InChI is InChI=1S/C19H23N3O2/c1-3-17-15(11-20-13(2)22-17)18(23)21-12-19(24)10-6-8-14-7-4-5-9-16(14)19/h4-5,7,9,11,24H,3,6,8,10,12H2,1-2H3,(H,21,23)/t19-/m0/s1. The first-order valence-electron chi connectivity index (χ1n) is 8.45. The molecule has 5 nitrogen and oxygen atoms in total. The van der Waals surface area contributed by atoms with Gasteiger partial charge in [-0.05, 0) is 43.7 Å². The van der Waals surface area contributed by atoms with Gasteiger partial charge in [-0.15, -0.1) is 0 Å². The van der Waals surface area contributed by atoms with Crippen LogP contribution in [-0.2, 0) is 18.4 Å². The molecule has 2 N–H and O–H groups in total. The van der Waals surface area contributed by atoms with E-state index in [0.717, 1.165) is 29.7 Å². The molecule has 1 aromatic heterocycles. The Bertz CT molecular complexity index is 760. The molecule has 126 valence electrons. The van der Waals surface area contributed by atoms with Crippen molar-refractivity contribution in [1.82, 2.24) is 15.3 Å². The van der Waals surface area contributed by atoms with Crippen LogP contribution in [0.5, 0.6) is 0 Å². The zero-order valence-corrected chi connectivity index (χ0v) is 14.2. The van der Waals surface area contributed by atoms with Crippen LogP contribution in [0.1, 0.15) is 52.8 Å². The van der Waals surface area contributed by atoms with Crippen molar-refractivity contribution in [2.75, 3.05) is 6.54 Å². The van der Waals surface area contributed by atoms with Crippen LogP contribution >= 0.6 is 0 Å². The van der Waals surface area contributed by atoms with Gasteiger partial charge in [0.2, 0.25) is 0 Å². The van der Waals surface area contributed by atoms with E-state index in [0.29, 0.717) is 24.2 Å². The Kier molecular flexibility index (Phi) is 4.62. The molecule has 0 saturated heterocycles. The molecule has 0 bridgehead atoms. The summed E-state index contributed by atoms with van der Waals surface area (Å²) in [6, 6.07) is 7.91. The van der Waals surface area contributed by atoms with E-state index >= 15 is 0 Å². The Balaban J connectivity index is 1.78. The van der Waals surface area contributed by atoms with Crippen LogP contribution in [0.15, 0.2) is 30.5 Å². The minimum absolute atomic E-state index is 0.194. The van der Waals surface area contributed by atoms with Crippen molar-refractivity contribution in [3.63, 3.8) is 0 Å². The van der Waals surface area contributed by atoms with Gasteiger partial charge in [0.1, 0.15) is 11.4 Å². The summed E-state index contributed by atoms with van der Waals surface area (Å²) in [5.41, 5.74) is 2.29. The molecular weight excluding hydrogens is 302 g/mol. The smallest absolute Gasteiger partial charge is 0.254 e. The first-order chi connectivity index (χ1) is 11.5. The summed E-state index contributed by atoms with van der Waals surface area (Å²) in [4.78, 5) is 21.0. The molecule has 0 spiro atoms. The van der Waals surface area contributed by atoms with Gasteiger partial charge in [0.05, 0.1) is 17.8 Å². The summed E-state index contributed by atoms with van der Waals surface area (Å²) in [6.45, 7) is 3.96. The SMILES string of the molecule is CCc1nc(C)ncc1C(=O)NC[C@@]1(O)CCCc2ccccc21. The molecule has 5 heteroatoms. The summed E-state index contributed by atoms with van der Waals surface area (Å²) < 4.78 is 0. The number of carbonyl (C=O) groups is 1. The number of aromatic nitrogens is 2. The number of benzene rings is 1. The Hall–Kier alpha value is -2.27. The Morgan fingerprint density at radius 1 is 1.38 bits per heavy atom. The van der Waals surface area contributed by atoms with Gasteiger partial charge in [-0.1, -0.05) is 31.2 Å². The van der Waals surface area contributed by atoms with Crippen LogP contribution < -0.4 is 5.32 Å². The van der Waals surface area contributed by atoms with E-state index < -0.39 is 5.60 Å². The number of nitrogens with one attached hydrogen (secondary N) is 1. The molecule has 0 radical (unpaired) electrons. The molecule has 1 aromatic carbocycles. The minimum Gasteiger partial charge on any atom is -0.383 e. The lowest BCUT2D eigenvalue weighted by Gasteiger charge is -2.34. The summed E-state index contributed by atoms with van der Waals surface area (Å²) in [5.74, 6) is 0.423. The number of fused-ring (bicyclic) bond motifs is 1. The topological polar surface area (TPSA) is 75.1 Å². The Morgan fingerprint density at radius 3 is 2.96 bits per heavy atom. The van der Waals surface area contributed by atoms with E-state index in [1.165, 1.54) is 0 Å². The van der Waals surface area contributed by atoms with E-state index in [1.807, 2.05) is 38.1 Å². The summed E-state index contributed by atoms with van der Waals surface area (Å²) in [6.07, 6.45) is 4.76. The molecule has 1 aliphatic carbocycles. The van der Waals surface area contributed by atoms with Crippen LogP contribution in [0.2, 0.25) is 0 Å². The molecule has 1 heterocycles. The predicted octanol–water partition coefficient (Wildman–Crippen LogP) is 2.30. The highest BCUT2D eigenvalue weighted by Gasteiger charge is 2.34. The van der Waals surface area contributed by atoms with E-state index in [1.54, 1.807) is 6.20 Å². The van der Waals surface area contributed by atoms with Gasteiger partial charge in [-0.3, -0.25) is 4.79 Å². The monoisotopic (exact) mass is 325 g/mol. The van der Waals surface area contributed by atoms with Crippen LogP contribution in [-0.4, -0.2) is 27.5 Å². The van der Waals surface area contributed by atoms with Crippen molar-refractivity contribution in [2.24, 2.45) is 0 Å². The number of hydrogen-bond acceptors (Lipinski definition) is 4. The van der Waals surface area contributed by atoms with E-state index in [2.05, 4.69) is 15.3 Å². The summed E-state index contributed by atoms with van der Waals surface area (Å²) in [5, 5.41) is 13.9. The molecule has 0 saturated carbocycles. The van der Waals surface area contributed by atoms with Crippen LogP contribution in [0.4, 0.5) is 0 Å². The molecule has 1 amide bonds. The maximum absolute atomic E-state index is 12.5. The molecule has 0 fully saturated rings. The minimum atomic E-state index is -1.01. The average molecular weight is 325 g/mol. The van der Waals surface area contributed by atoms with Crippen molar-refractivity contribution in [3.05, 3.63) is 58.7 Å². The molecule has 0 aliphatic heterocycles. The number of aliphatic hydroxyl groups is 1. The second-order valence-electron chi connectivity index (χ2n) is 6.36. The first kappa shape index (κ1) is 16.6. The summed E-state index contributed by atoms with van der Waals surface area (Å²) >= 11 is 0. The number of carbonyl (C=O) groups excluding carboxylic acids is 1. The van der Waals surface area contributed by atoms with Crippen molar-refractivity contribution in [1.29, 1.82) is 0 Å². The first-order valence-corrected chi connectivity index (χ1v) is 8.45. The van der Waals surface area contributed by atoms with Gasteiger partial charge in [-0.2, -0.15) is 0 Å². The van der Waals surface area contributed by atoms with Gasteiger partial charge in [0.15, 0.2) is 0 Å². The zero-order valence-electron chi connectivity index (χ0n) is 14.2. The van der Waals surface area contributed by atoms with Crippen molar-refractivity contribution < 1.29 is 9.90 Å². The van der Waals surface area contributed by atoms with Gasteiger partial charge in [0.25, 0.3) is 5.91 Å². The van der Waals surface area contributed by atoms with Crippen molar-refractivity contribution >= 4 is 5.91 Å². The van der Waals surface area contributed by atoms with Gasteiger partial charge >= 0.3 is 0 Å². The molecule has 0 unspecified atom stereocenters. The highest BCUT2D eigenvalue weighted by Crippen LogP contribution is 2.34. The second kappa shape index (κ2) is 6.69. The third-order valence-electron chi connectivity index (χ3n) is 4.66. The number of hydrogen-bond donors (Lipinski definition) is 2. The normalized spacial score (nSPS) is 19.6. The van der Waals surface area contributed by atoms with Gasteiger partial charge in [0, 0.05) is 6.20 Å². The fraction of sp³-hybridized carbons (Fsp3) is 0.421. The molecular formula is C19H23N3O2. The molecule has 1 aliphatic rings. The Labute approximate surface area is 142 Å². The maximum Gasteiger partial charge on any atom is 0.254 e. The number of amides is 1. The van der Waals surface area contributed by atoms with Crippen molar-refractivity contribution in [2.45, 2.75) is 45.1 Å². The fourth-order valence-corrected chi connectivity index (χ4v) is 3.38. The molecule has 24 heavy (non-hydrogen) atoms. The zero-order chi connectivity index (χ0) is 17.2. The highest BCUT2D eigenvalue weighted by molar-refractivity contribution is 5.95. The highest BCUT2D eigenvalue weighted by atomic mass is 16.3. The lowest BCUT2D eigenvalue weighted by atomic mass is 9.79. The fourth-order valence-electron chi connectivity index (χ4n) is 3.38. The lowest BCUT2D eigenvalue weighted by molar-refractivity contribution is 0.0189. The van der Waals surface area contributed by atoms with E-state index in [-0.39, 0.29) is 12.5 Å². The quantitative estimate of drug-likeness (QED) is 0.904. The Morgan fingerprint density at radius 2 is 2.17 bits per heavy atom. The van der Waals surface area contributed by atoms with Crippen LogP contribution in [0.3, 0.4) is 0 Å². The van der Waals surface area contributed by atoms with E-state index in [9.17, 15) is 9.90 Å².